The second kappa shape index (κ2) is 5.91. The molecular weight excluding hydrogens is 310 g/mol. The van der Waals surface area contributed by atoms with E-state index in [4.69, 9.17) is 0 Å². The molecular formula is C13H16BrN3S. The van der Waals surface area contributed by atoms with E-state index in [9.17, 15) is 0 Å². The number of hydrogen-bond acceptors (Lipinski definition) is 4. The molecule has 0 aliphatic heterocycles. The zero-order chi connectivity index (χ0) is 13.1. The number of nitrogens with one attached hydrogen (secondary N) is 1. The predicted molar refractivity (Wildman–Crippen MR) is 79.8 cm³/mol. The Bertz CT molecular complexity index is 537. The molecule has 2 aromatic rings. The number of hydrogen-bond donors (Lipinski definition) is 1. The first-order valence-electron chi connectivity index (χ1n) is 5.88. The van der Waals surface area contributed by atoms with Crippen LogP contribution in [0.2, 0.25) is 0 Å². The molecule has 2 aromatic heterocycles. The van der Waals surface area contributed by atoms with E-state index < -0.39 is 0 Å². The van der Waals surface area contributed by atoms with Gasteiger partial charge in [0.25, 0.3) is 0 Å². The molecule has 0 radical (unpaired) electrons. The number of pyridine rings is 1. The van der Waals surface area contributed by atoms with Crippen LogP contribution in [-0.4, -0.2) is 16.0 Å². The number of thiazole rings is 1. The lowest BCUT2D eigenvalue weighted by atomic mass is 10.3. The average molecular weight is 326 g/mol. The van der Waals surface area contributed by atoms with Gasteiger partial charge in [-0.05, 0) is 35.0 Å². The highest BCUT2D eigenvalue weighted by Gasteiger charge is 2.12. The molecule has 0 fully saturated rings. The Balaban J connectivity index is 2.26. The normalized spacial score (nSPS) is 11.2. The van der Waals surface area contributed by atoms with E-state index in [1.54, 1.807) is 17.5 Å². The standard InChI is InChI=1S/C13H16BrN3S/c1-8(2)16-7-11-9(3)17-13(18-11)12-10(14)5-4-6-15-12/h4-6,8,16H,7H2,1-3H3. The van der Waals surface area contributed by atoms with Gasteiger partial charge in [0.05, 0.1) is 5.69 Å². The maximum Gasteiger partial charge on any atom is 0.143 e. The average Bonchev–Trinajstić information content (AvgIpc) is 2.68. The summed E-state index contributed by atoms with van der Waals surface area (Å²) in [6.07, 6.45) is 1.79. The second-order valence-electron chi connectivity index (χ2n) is 4.40. The molecule has 0 atom stereocenters. The molecule has 2 heterocycles. The van der Waals surface area contributed by atoms with Crippen LogP contribution in [0.1, 0.15) is 24.4 Å². The van der Waals surface area contributed by atoms with Crippen molar-refractivity contribution in [1.29, 1.82) is 0 Å². The molecule has 1 N–H and O–H groups in total. The fourth-order valence-electron chi connectivity index (χ4n) is 1.53. The zero-order valence-electron chi connectivity index (χ0n) is 10.7. The molecule has 0 bridgehead atoms. The van der Waals surface area contributed by atoms with Crippen LogP contribution in [0.5, 0.6) is 0 Å². The number of halogens is 1. The molecule has 0 saturated carbocycles. The van der Waals surface area contributed by atoms with Gasteiger partial charge in [0.2, 0.25) is 0 Å². The molecule has 0 spiro atoms. The van der Waals surface area contributed by atoms with Crippen molar-refractivity contribution >= 4 is 27.3 Å². The highest BCUT2D eigenvalue weighted by atomic mass is 79.9. The van der Waals surface area contributed by atoms with Crippen LogP contribution >= 0.6 is 27.3 Å². The first kappa shape index (κ1) is 13.6. The number of nitrogens with zero attached hydrogens (tertiary/aromatic N) is 2. The zero-order valence-corrected chi connectivity index (χ0v) is 13.1. The molecule has 0 aliphatic rings. The van der Waals surface area contributed by atoms with Gasteiger partial charge >= 0.3 is 0 Å². The van der Waals surface area contributed by atoms with Crippen LogP contribution in [0.25, 0.3) is 10.7 Å². The van der Waals surface area contributed by atoms with Gasteiger partial charge in [0, 0.05) is 28.1 Å². The SMILES string of the molecule is Cc1nc(-c2ncccc2Br)sc1CNC(C)C. The van der Waals surface area contributed by atoms with E-state index in [1.807, 2.05) is 19.1 Å². The van der Waals surface area contributed by atoms with Crippen LogP contribution in [-0.2, 0) is 6.54 Å². The van der Waals surface area contributed by atoms with Crippen molar-refractivity contribution in [3.8, 4) is 10.7 Å². The first-order chi connectivity index (χ1) is 8.58. The molecule has 18 heavy (non-hydrogen) atoms. The third-order valence-corrected chi connectivity index (χ3v) is 4.33. The van der Waals surface area contributed by atoms with Gasteiger partial charge < -0.3 is 5.32 Å². The van der Waals surface area contributed by atoms with Gasteiger partial charge in [-0.3, -0.25) is 4.98 Å². The summed E-state index contributed by atoms with van der Waals surface area (Å²) >= 11 is 5.22. The van der Waals surface area contributed by atoms with E-state index in [2.05, 4.69) is 45.1 Å². The largest absolute Gasteiger partial charge is 0.310 e. The summed E-state index contributed by atoms with van der Waals surface area (Å²) in [5.74, 6) is 0. The molecule has 2 rings (SSSR count). The van der Waals surface area contributed by atoms with Crippen molar-refractivity contribution in [2.24, 2.45) is 0 Å². The lowest BCUT2D eigenvalue weighted by molar-refractivity contribution is 0.591. The monoisotopic (exact) mass is 325 g/mol. The molecule has 96 valence electrons. The first-order valence-corrected chi connectivity index (χ1v) is 7.49. The van der Waals surface area contributed by atoms with Gasteiger partial charge in [-0.1, -0.05) is 13.8 Å². The Hall–Kier alpha value is -0.780. The van der Waals surface area contributed by atoms with E-state index in [1.165, 1.54) is 4.88 Å². The van der Waals surface area contributed by atoms with Crippen LogP contribution < -0.4 is 5.32 Å². The summed E-state index contributed by atoms with van der Waals surface area (Å²) < 4.78 is 0.988. The highest BCUT2D eigenvalue weighted by molar-refractivity contribution is 9.10. The minimum absolute atomic E-state index is 0.483. The number of rotatable bonds is 4. The molecule has 3 nitrogen and oxygen atoms in total. The summed E-state index contributed by atoms with van der Waals surface area (Å²) in [5, 5.41) is 4.39. The van der Waals surface area contributed by atoms with E-state index >= 15 is 0 Å². The predicted octanol–water partition coefficient (Wildman–Crippen LogP) is 3.77. The van der Waals surface area contributed by atoms with Crippen LogP contribution in [0.3, 0.4) is 0 Å². The van der Waals surface area contributed by atoms with Crippen LogP contribution in [0.15, 0.2) is 22.8 Å². The molecule has 0 aromatic carbocycles. The van der Waals surface area contributed by atoms with Gasteiger partial charge in [-0.2, -0.15) is 0 Å². The lowest BCUT2D eigenvalue weighted by Crippen LogP contribution is -2.21. The number of aromatic nitrogens is 2. The number of aryl methyl sites for hydroxylation is 1. The fourth-order valence-corrected chi connectivity index (χ4v) is 3.13. The molecule has 5 heteroatoms. The van der Waals surface area contributed by atoms with Crippen LogP contribution in [0.4, 0.5) is 0 Å². The summed E-state index contributed by atoms with van der Waals surface area (Å²) in [7, 11) is 0. The Morgan fingerprint density at radius 1 is 1.44 bits per heavy atom. The lowest BCUT2D eigenvalue weighted by Gasteiger charge is -2.05. The third-order valence-electron chi connectivity index (χ3n) is 2.52. The quantitative estimate of drug-likeness (QED) is 0.929. The summed E-state index contributed by atoms with van der Waals surface area (Å²) in [6.45, 7) is 7.21. The van der Waals surface area contributed by atoms with Gasteiger partial charge in [-0.15, -0.1) is 11.3 Å². The fraction of sp³-hybridized carbons (Fsp3) is 0.385. The van der Waals surface area contributed by atoms with Crippen molar-refractivity contribution in [3.05, 3.63) is 33.4 Å². The highest BCUT2D eigenvalue weighted by Crippen LogP contribution is 2.31. The smallest absolute Gasteiger partial charge is 0.143 e. The van der Waals surface area contributed by atoms with Crippen molar-refractivity contribution in [2.75, 3.05) is 0 Å². The van der Waals surface area contributed by atoms with Crippen molar-refractivity contribution in [3.63, 3.8) is 0 Å². The Morgan fingerprint density at radius 3 is 2.89 bits per heavy atom. The Kier molecular flexibility index (Phi) is 4.48. The molecule has 0 saturated heterocycles. The summed E-state index contributed by atoms with van der Waals surface area (Å²) in [6, 6.07) is 4.39. The molecule has 0 amide bonds. The maximum absolute atomic E-state index is 4.61. The van der Waals surface area contributed by atoms with Gasteiger partial charge in [0.1, 0.15) is 10.7 Å². The maximum atomic E-state index is 4.61. The Morgan fingerprint density at radius 2 is 2.22 bits per heavy atom. The van der Waals surface area contributed by atoms with E-state index in [-0.39, 0.29) is 0 Å². The summed E-state index contributed by atoms with van der Waals surface area (Å²) in [5.41, 5.74) is 2.00. The molecule has 0 aliphatic carbocycles. The topological polar surface area (TPSA) is 37.8 Å². The van der Waals surface area contributed by atoms with E-state index in [0.717, 1.165) is 27.4 Å². The van der Waals surface area contributed by atoms with Crippen molar-refractivity contribution in [1.82, 2.24) is 15.3 Å². The van der Waals surface area contributed by atoms with E-state index in [0.29, 0.717) is 6.04 Å². The Labute approximate surface area is 120 Å². The minimum atomic E-state index is 0.483. The second-order valence-corrected chi connectivity index (χ2v) is 6.33. The third kappa shape index (κ3) is 3.16. The minimum Gasteiger partial charge on any atom is -0.310 e. The van der Waals surface area contributed by atoms with Gasteiger partial charge in [-0.25, -0.2) is 4.98 Å². The van der Waals surface area contributed by atoms with Crippen molar-refractivity contribution < 1.29 is 0 Å². The summed E-state index contributed by atoms with van der Waals surface area (Å²) in [4.78, 5) is 10.3. The van der Waals surface area contributed by atoms with Crippen molar-refractivity contribution in [2.45, 2.75) is 33.4 Å². The van der Waals surface area contributed by atoms with Crippen LogP contribution in [0, 0.1) is 6.92 Å². The molecule has 0 unspecified atom stereocenters. The van der Waals surface area contributed by atoms with Gasteiger partial charge in [0.15, 0.2) is 0 Å².